The van der Waals surface area contributed by atoms with Crippen LogP contribution in [0.25, 0.3) is 24.3 Å². The van der Waals surface area contributed by atoms with Gasteiger partial charge in [0.2, 0.25) is 0 Å². The number of aromatic amines is 2. The number of pyridine rings is 2. The number of H-pyrrole nitrogens is 2. The van der Waals surface area contributed by atoms with E-state index in [4.69, 9.17) is 0 Å². The molecule has 0 saturated carbocycles. The molecule has 0 saturated heterocycles. The minimum atomic E-state index is 0. The van der Waals surface area contributed by atoms with E-state index in [0.717, 1.165) is 0 Å². The van der Waals surface area contributed by atoms with Gasteiger partial charge in [0.15, 0.2) is 24.8 Å². The number of aromatic nitrogens is 2. The fraction of sp³-hybridized carbons (Fsp3) is 0.133. The highest BCUT2D eigenvalue weighted by molar-refractivity contribution is 5.71. The van der Waals surface area contributed by atoms with Crippen LogP contribution in [0.15, 0.2) is 97.6 Å². The second-order valence-corrected chi connectivity index (χ2v) is 8.31. The highest BCUT2D eigenvalue weighted by atomic mass is 79.9. The highest BCUT2D eigenvalue weighted by Crippen LogP contribution is 2.15. The van der Waals surface area contributed by atoms with Crippen LogP contribution in [-0.4, -0.2) is 28.2 Å². The van der Waals surface area contributed by atoms with Crippen LogP contribution in [0.5, 0.6) is 0 Å². The Morgan fingerprint density at radius 2 is 0.667 bits per heavy atom. The minimum Gasteiger partial charge on any atom is -1.00 e. The van der Waals surface area contributed by atoms with Crippen LogP contribution in [0, 0.1) is 0 Å². The molecule has 6 heteroatoms. The summed E-state index contributed by atoms with van der Waals surface area (Å²) in [6, 6.07) is 25.2. The molecule has 0 aliphatic rings. The number of anilines is 2. The number of nitrogens with one attached hydrogen (secondary N) is 2. The molecule has 2 heterocycles. The van der Waals surface area contributed by atoms with E-state index >= 15 is 0 Å². The normalized spacial score (nSPS) is 10.1. The van der Waals surface area contributed by atoms with E-state index in [-0.39, 0.29) is 34.0 Å². The second kappa shape index (κ2) is 16.5. The highest BCUT2D eigenvalue weighted by Gasteiger charge is 1.95. The van der Waals surface area contributed by atoms with Gasteiger partial charge in [-0.25, -0.2) is 9.97 Å². The molecule has 0 radical (unpaired) electrons. The van der Waals surface area contributed by atoms with Crippen molar-refractivity contribution in [2.45, 2.75) is 0 Å². The van der Waals surface area contributed by atoms with Gasteiger partial charge in [0.1, 0.15) is 0 Å². The molecule has 4 aromatic rings. The molecule has 0 unspecified atom stereocenters. The molecular weight excluding hydrogens is 576 g/mol. The van der Waals surface area contributed by atoms with Crippen LogP contribution in [0.2, 0.25) is 0 Å². The molecule has 0 amide bonds. The Hall–Kier alpha value is -3.22. The number of hydrogen-bond acceptors (Lipinski definition) is 2. The van der Waals surface area contributed by atoms with Gasteiger partial charge in [-0.15, -0.1) is 0 Å². The smallest absolute Gasteiger partial charge is 0.167 e. The number of rotatable bonds is 6. The SMILES string of the molecule is CN(C)c1ccc(/C=C/c2cc[nH+]cc2)cc1.CN(C)c1ccc(/C=C/c2cc[nH+]cc2)cc1.[Br-].[Br-]. The first kappa shape index (κ1) is 30.8. The fourth-order valence-corrected chi connectivity index (χ4v) is 3.17. The lowest BCUT2D eigenvalue weighted by atomic mass is 10.1. The topological polar surface area (TPSA) is 34.8 Å². The van der Waals surface area contributed by atoms with E-state index in [9.17, 15) is 0 Å². The van der Waals surface area contributed by atoms with Crippen LogP contribution in [-0.2, 0) is 0 Å². The summed E-state index contributed by atoms with van der Waals surface area (Å²) in [4.78, 5) is 10.2. The first-order valence-electron chi connectivity index (χ1n) is 11.3. The lowest BCUT2D eigenvalue weighted by Gasteiger charge is -2.11. The molecule has 188 valence electrons. The summed E-state index contributed by atoms with van der Waals surface area (Å²) in [6.07, 6.45) is 16.2. The summed E-state index contributed by atoms with van der Waals surface area (Å²) in [6.45, 7) is 0. The van der Waals surface area contributed by atoms with Gasteiger partial charge in [-0.05, 0) is 46.5 Å². The van der Waals surface area contributed by atoms with E-state index in [1.54, 1.807) is 0 Å². The molecule has 36 heavy (non-hydrogen) atoms. The summed E-state index contributed by atoms with van der Waals surface area (Å²) < 4.78 is 0. The largest absolute Gasteiger partial charge is 1.00 e. The van der Waals surface area contributed by atoms with Crippen LogP contribution >= 0.6 is 0 Å². The van der Waals surface area contributed by atoms with Crippen molar-refractivity contribution in [3.8, 4) is 0 Å². The Morgan fingerprint density at radius 3 is 0.917 bits per heavy atom. The van der Waals surface area contributed by atoms with Crippen molar-refractivity contribution in [3.63, 3.8) is 0 Å². The van der Waals surface area contributed by atoms with Crippen LogP contribution in [0.3, 0.4) is 0 Å². The maximum absolute atomic E-state index is 3.01. The van der Waals surface area contributed by atoms with Crippen LogP contribution < -0.4 is 53.7 Å². The quantitative estimate of drug-likeness (QED) is 0.295. The Kier molecular flexibility index (Phi) is 14.1. The third-order valence-corrected chi connectivity index (χ3v) is 5.24. The van der Waals surface area contributed by atoms with Gasteiger partial charge in [0.25, 0.3) is 0 Å². The molecule has 0 spiro atoms. The zero-order valence-electron chi connectivity index (χ0n) is 21.2. The molecule has 2 aromatic heterocycles. The third kappa shape index (κ3) is 10.6. The van der Waals surface area contributed by atoms with Crippen LogP contribution in [0.1, 0.15) is 22.3 Å². The van der Waals surface area contributed by atoms with Gasteiger partial charge < -0.3 is 43.8 Å². The molecule has 0 aliphatic heterocycles. The van der Waals surface area contributed by atoms with Gasteiger partial charge in [-0.3, -0.25) is 0 Å². The zero-order chi connectivity index (χ0) is 24.2. The van der Waals surface area contributed by atoms with Gasteiger partial charge in [-0.1, -0.05) is 48.6 Å². The van der Waals surface area contributed by atoms with Gasteiger partial charge >= 0.3 is 0 Å². The third-order valence-electron chi connectivity index (χ3n) is 5.24. The molecule has 0 atom stereocenters. The molecular formula is C30H34Br2N4. The molecule has 0 bridgehead atoms. The second-order valence-electron chi connectivity index (χ2n) is 8.31. The number of hydrogen-bond donors (Lipinski definition) is 0. The molecule has 4 rings (SSSR count). The first-order valence-corrected chi connectivity index (χ1v) is 11.3. The standard InChI is InChI=1S/2C15H16N2.2BrH/c2*1-17(2)15-7-5-13(6-8-15)3-4-14-9-11-16-12-10-14;;/h2*3-12H,1-2H3;2*1H/b2*4-3+;;. The van der Waals surface area contributed by atoms with Crippen molar-refractivity contribution in [1.29, 1.82) is 0 Å². The van der Waals surface area contributed by atoms with E-state index in [1.165, 1.54) is 33.6 Å². The summed E-state index contributed by atoms with van der Waals surface area (Å²) in [7, 11) is 8.19. The first-order chi connectivity index (χ1) is 16.5. The van der Waals surface area contributed by atoms with E-state index in [1.807, 2.05) is 77.2 Å². The number of nitrogens with zero attached hydrogens (tertiary/aromatic N) is 2. The van der Waals surface area contributed by atoms with Crippen LogP contribution in [0.4, 0.5) is 11.4 Å². The molecule has 0 aliphatic carbocycles. The minimum absolute atomic E-state index is 0. The lowest BCUT2D eigenvalue weighted by Crippen LogP contribution is -3.00. The van der Waals surface area contributed by atoms with Crippen molar-refractivity contribution < 1.29 is 43.9 Å². The van der Waals surface area contributed by atoms with E-state index in [2.05, 4.69) is 92.6 Å². The average molecular weight is 610 g/mol. The predicted octanol–water partition coefficient (Wildman–Crippen LogP) is -0.518. The Labute approximate surface area is 236 Å². The lowest BCUT2D eigenvalue weighted by molar-refractivity contribution is -0.378. The molecule has 4 nitrogen and oxygen atoms in total. The van der Waals surface area contributed by atoms with Crippen molar-refractivity contribution in [3.05, 3.63) is 120 Å². The maximum Gasteiger partial charge on any atom is 0.167 e. The monoisotopic (exact) mass is 608 g/mol. The van der Waals surface area contributed by atoms with Crippen molar-refractivity contribution in [2.24, 2.45) is 0 Å². The average Bonchev–Trinajstić information content (AvgIpc) is 2.88. The van der Waals surface area contributed by atoms with Gasteiger partial charge in [0.05, 0.1) is 0 Å². The van der Waals surface area contributed by atoms with E-state index < -0.39 is 0 Å². The maximum atomic E-state index is 3.01. The molecule has 2 N–H and O–H groups in total. The Balaban J connectivity index is 0.000000341. The summed E-state index contributed by atoms with van der Waals surface area (Å²) in [5, 5.41) is 0. The summed E-state index contributed by atoms with van der Waals surface area (Å²) in [5.41, 5.74) is 7.25. The number of benzene rings is 2. The fourth-order valence-electron chi connectivity index (χ4n) is 3.17. The van der Waals surface area contributed by atoms with Crippen molar-refractivity contribution in [2.75, 3.05) is 38.0 Å². The summed E-state index contributed by atoms with van der Waals surface area (Å²) >= 11 is 0. The Bertz CT molecular complexity index is 1080. The zero-order valence-corrected chi connectivity index (χ0v) is 24.4. The van der Waals surface area contributed by atoms with E-state index in [0.29, 0.717) is 0 Å². The van der Waals surface area contributed by atoms with Crippen molar-refractivity contribution >= 4 is 35.7 Å². The van der Waals surface area contributed by atoms with Gasteiger partial charge in [0, 0.05) is 63.8 Å². The molecule has 2 aromatic carbocycles. The Morgan fingerprint density at radius 1 is 0.417 bits per heavy atom. The summed E-state index contributed by atoms with van der Waals surface area (Å²) in [5.74, 6) is 0. The predicted molar refractivity (Wildman–Crippen MR) is 145 cm³/mol. The van der Waals surface area contributed by atoms with Crippen molar-refractivity contribution in [1.82, 2.24) is 0 Å². The number of halogens is 2. The molecule has 0 fully saturated rings. The van der Waals surface area contributed by atoms with Gasteiger partial charge in [-0.2, -0.15) is 0 Å².